The third kappa shape index (κ3) is 3.79. The van der Waals surface area contributed by atoms with Crippen LogP contribution in [-0.4, -0.2) is 33.1 Å². The normalized spacial score (nSPS) is 14.1. The van der Waals surface area contributed by atoms with Gasteiger partial charge in [0.2, 0.25) is 0 Å². The molecule has 5 heteroatoms. The Hall–Kier alpha value is -0.550. The number of aromatic nitrogens is 3. The minimum absolute atomic E-state index is 0.265. The van der Waals surface area contributed by atoms with E-state index in [9.17, 15) is 0 Å². The number of hydrogen-bond donors (Lipinski definition) is 1. The largest absolute Gasteiger partial charge is 0.313 e. The molecular weight excluding hydrogens is 220 g/mol. The van der Waals surface area contributed by atoms with Crippen LogP contribution in [0.4, 0.5) is 0 Å². The fourth-order valence-electron chi connectivity index (χ4n) is 1.44. The Kier molecular flexibility index (Phi) is 4.80. The summed E-state index contributed by atoms with van der Waals surface area (Å²) in [5.41, 5.74) is 0.265. The van der Waals surface area contributed by atoms with E-state index in [1.165, 1.54) is 0 Å². The van der Waals surface area contributed by atoms with E-state index in [-0.39, 0.29) is 5.41 Å². The quantitative estimate of drug-likeness (QED) is 0.801. The van der Waals surface area contributed by atoms with E-state index in [4.69, 9.17) is 0 Å². The van der Waals surface area contributed by atoms with Gasteiger partial charge in [-0.15, -0.1) is 0 Å². The van der Waals surface area contributed by atoms with Crippen molar-refractivity contribution in [3.05, 3.63) is 6.33 Å². The lowest BCUT2D eigenvalue weighted by Gasteiger charge is -2.30. The number of aryl methyl sites for hydroxylation is 1. The Morgan fingerprint density at radius 1 is 1.50 bits per heavy atom. The summed E-state index contributed by atoms with van der Waals surface area (Å²) < 4.78 is 1.82. The molecule has 0 bridgehead atoms. The third-order valence-corrected chi connectivity index (χ3v) is 3.67. The summed E-state index contributed by atoms with van der Waals surface area (Å²) in [6.07, 6.45) is 1.60. The number of nitrogens with one attached hydrogen (secondary N) is 1. The van der Waals surface area contributed by atoms with Crippen LogP contribution in [0.2, 0.25) is 0 Å². The molecule has 92 valence electrons. The molecule has 0 amide bonds. The molecule has 0 spiro atoms. The van der Waals surface area contributed by atoms with Gasteiger partial charge in [-0.2, -0.15) is 5.10 Å². The molecule has 0 saturated carbocycles. The number of nitrogens with zero attached hydrogens (tertiary/aromatic N) is 3. The summed E-state index contributed by atoms with van der Waals surface area (Å²) in [6, 6.07) is 0.485. The van der Waals surface area contributed by atoms with Gasteiger partial charge in [0.1, 0.15) is 6.33 Å². The van der Waals surface area contributed by atoms with Crippen LogP contribution in [0.25, 0.3) is 0 Å². The van der Waals surface area contributed by atoms with Crippen LogP contribution in [0.5, 0.6) is 0 Å². The highest BCUT2D eigenvalue weighted by molar-refractivity contribution is 7.99. The van der Waals surface area contributed by atoms with E-state index in [1.807, 2.05) is 11.7 Å². The second kappa shape index (κ2) is 5.68. The molecule has 4 nitrogen and oxygen atoms in total. The van der Waals surface area contributed by atoms with E-state index in [2.05, 4.69) is 43.1 Å². The van der Waals surface area contributed by atoms with Crippen molar-refractivity contribution in [1.29, 1.82) is 0 Å². The summed E-state index contributed by atoms with van der Waals surface area (Å²) in [5.74, 6) is 1.02. The van der Waals surface area contributed by atoms with Gasteiger partial charge in [0.25, 0.3) is 0 Å². The highest BCUT2D eigenvalue weighted by Gasteiger charge is 2.24. The van der Waals surface area contributed by atoms with Crippen molar-refractivity contribution in [2.45, 2.75) is 38.9 Å². The second-order valence-corrected chi connectivity index (χ2v) is 5.94. The van der Waals surface area contributed by atoms with Gasteiger partial charge in [-0.1, -0.05) is 39.5 Å². The zero-order chi connectivity index (χ0) is 12.2. The van der Waals surface area contributed by atoms with Gasteiger partial charge in [0.05, 0.1) is 0 Å². The van der Waals surface area contributed by atoms with Crippen LogP contribution in [0, 0.1) is 5.41 Å². The van der Waals surface area contributed by atoms with Crippen LogP contribution in [0.1, 0.15) is 27.7 Å². The van der Waals surface area contributed by atoms with Gasteiger partial charge in [0.15, 0.2) is 5.16 Å². The Labute approximate surface area is 102 Å². The maximum Gasteiger partial charge on any atom is 0.185 e. The molecule has 0 saturated heterocycles. The molecule has 0 aliphatic heterocycles. The Balaban J connectivity index is 2.54. The number of hydrogen-bond acceptors (Lipinski definition) is 4. The predicted octanol–water partition coefficient (Wildman–Crippen LogP) is 1.93. The Morgan fingerprint density at radius 2 is 2.19 bits per heavy atom. The molecule has 1 unspecified atom stereocenters. The van der Waals surface area contributed by atoms with Crippen molar-refractivity contribution < 1.29 is 0 Å². The zero-order valence-electron chi connectivity index (χ0n) is 10.8. The first-order valence-corrected chi connectivity index (χ1v) is 6.64. The molecule has 0 aliphatic carbocycles. The predicted molar refractivity (Wildman–Crippen MR) is 68.6 cm³/mol. The fraction of sp³-hybridized carbons (Fsp3) is 0.818. The second-order valence-electron chi connectivity index (χ2n) is 4.95. The topological polar surface area (TPSA) is 42.7 Å². The first kappa shape index (κ1) is 13.5. The lowest BCUT2D eigenvalue weighted by molar-refractivity contribution is 0.295. The molecule has 0 aromatic carbocycles. The molecule has 1 rings (SSSR count). The molecule has 1 heterocycles. The Bertz CT molecular complexity index is 316. The minimum Gasteiger partial charge on any atom is -0.313 e. The summed E-state index contributed by atoms with van der Waals surface area (Å²) in [5, 5.41) is 8.57. The molecule has 1 atom stereocenters. The first-order valence-electron chi connectivity index (χ1n) is 5.65. The van der Waals surface area contributed by atoms with E-state index < -0.39 is 0 Å². The standard InChI is InChI=1S/C11H22N4S/c1-6-12-9(11(2,3)4)7-16-10-13-8-14-15(10)5/h8-9,12H,6-7H2,1-5H3. The van der Waals surface area contributed by atoms with Crippen molar-refractivity contribution >= 4 is 11.8 Å². The summed E-state index contributed by atoms with van der Waals surface area (Å²) in [7, 11) is 1.93. The monoisotopic (exact) mass is 242 g/mol. The van der Waals surface area contributed by atoms with Gasteiger partial charge in [-0.3, -0.25) is 0 Å². The van der Waals surface area contributed by atoms with Crippen LogP contribution in [-0.2, 0) is 7.05 Å². The van der Waals surface area contributed by atoms with Crippen LogP contribution in [0.15, 0.2) is 11.5 Å². The van der Waals surface area contributed by atoms with Crippen LogP contribution in [0.3, 0.4) is 0 Å². The van der Waals surface area contributed by atoms with Gasteiger partial charge in [-0.05, 0) is 12.0 Å². The Morgan fingerprint density at radius 3 is 2.62 bits per heavy atom. The minimum atomic E-state index is 0.265. The maximum absolute atomic E-state index is 4.22. The molecule has 0 fully saturated rings. The maximum atomic E-state index is 4.22. The third-order valence-electron chi connectivity index (χ3n) is 2.54. The molecule has 1 aromatic heterocycles. The number of thioether (sulfide) groups is 1. The first-order chi connectivity index (χ1) is 7.45. The van der Waals surface area contributed by atoms with E-state index in [0.29, 0.717) is 6.04 Å². The van der Waals surface area contributed by atoms with Gasteiger partial charge in [-0.25, -0.2) is 9.67 Å². The van der Waals surface area contributed by atoms with E-state index in [0.717, 1.165) is 17.5 Å². The average Bonchev–Trinajstić information content (AvgIpc) is 2.57. The summed E-state index contributed by atoms with van der Waals surface area (Å²) >= 11 is 1.76. The highest BCUT2D eigenvalue weighted by Crippen LogP contribution is 2.25. The van der Waals surface area contributed by atoms with Gasteiger partial charge < -0.3 is 5.32 Å². The molecule has 16 heavy (non-hydrogen) atoms. The molecule has 1 N–H and O–H groups in total. The van der Waals surface area contributed by atoms with Crippen molar-refractivity contribution in [3.8, 4) is 0 Å². The molecule has 0 radical (unpaired) electrons. The zero-order valence-corrected chi connectivity index (χ0v) is 11.6. The lowest BCUT2D eigenvalue weighted by atomic mass is 9.88. The van der Waals surface area contributed by atoms with Gasteiger partial charge in [0, 0.05) is 18.8 Å². The van der Waals surface area contributed by atoms with Gasteiger partial charge >= 0.3 is 0 Å². The van der Waals surface area contributed by atoms with Crippen LogP contribution >= 0.6 is 11.8 Å². The molecule has 0 aliphatic rings. The van der Waals surface area contributed by atoms with Crippen molar-refractivity contribution in [2.75, 3.05) is 12.3 Å². The summed E-state index contributed by atoms with van der Waals surface area (Å²) in [4.78, 5) is 4.22. The smallest absolute Gasteiger partial charge is 0.185 e. The molecular formula is C11H22N4S. The fourth-order valence-corrected chi connectivity index (χ4v) is 2.72. The summed E-state index contributed by atoms with van der Waals surface area (Å²) in [6.45, 7) is 9.93. The van der Waals surface area contributed by atoms with Crippen molar-refractivity contribution in [2.24, 2.45) is 12.5 Å². The van der Waals surface area contributed by atoms with Crippen LogP contribution < -0.4 is 5.32 Å². The lowest BCUT2D eigenvalue weighted by Crippen LogP contribution is -2.42. The SMILES string of the molecule is CCNC(CSc1ncnn1C)C(C)(C)C. The van der Waals surface area contributed by atoms with Crippen molar-refractivity contribution in [3.63, 3.8) is 0 Å². The van der Waals surface area contributed by atoms with E-state index in [1.54, 1.807) is 18.1 Å². The number of rotatable bonds is 5. The molecule has 1 aromatic rings. The highest BCUT2D eigenvalue weighted by atomic mass is 32.2. The van der Waals surface area contributed by atoms with E-state index >= 15 is 0 Å². The average molecular weight is 242 g/mol. The van der Waals surface area contributed by atoms with Crippen molar-refractivity contribution in [1.82, 2.24) is 20.1 Å².